The first-order chi connectivity index (χ1) is 7.18. The van der Waals surface area contributed by atoms with Crippen LogP contribution in [0.15, 0.2) is 15.9 Å². The number of piperazine rings is 1. The molecule has 2 heterocycles. The maximum Gasteiger partial charge on any atom is 0.264 e. The van der Waals surface area contributed by atoms with E-state index >= 15 is 0 Å². The van der Waals surface area contributed by atoms with E-state index in [1.54, 1.807) is 0 Å². The van der Waals surface area contributed by atoms with Crippen molar-refractivity contribution in [1.29, 1.82) is 0 Å². The number of carbonyl (C=O) groups excluding carboxylic acids is 1. The van der Waals surface area contributed by atoms with Crippen LogP contribution >= 0.6 is 39.7 Å². The zero-order valence-electron chi connectivity index (χ0n) is 8.90. The second kappa shape index (κ2) is 6.00. The van der Waals surface area contributed by atoms with Crippen molar-refractivity contribution in [2.24, 2.45) is 0 Å². The summed E-state index contributed by atoms with van der Waals surface area (Å²) in [5, 5.41) is 5.22. The monoisotopic (exact) mass is 324 g/mol. The van der Waals surface area contributed by atoms with E-state index in [-0.39, 0.29) is 24.4 Å². The predicted octanol–water partition coefficient (Wildman–Crippen LogP) is 2.37. The molecule has 0 unspecified atom stereocenters. The molecule has 1 amide bonds. The first-order valence-electron chi connectivity index (χ1n) is 4.94. The highest BCUT2D eigenvalue weighted by molar-refractivity contribution is 9.10. The minimum Gasteiger partial charge on any atom is -0.333 e. The molecule has 2 rings (SSSR count). The van der Waals surface area contributed by atoms with Crippen molar-refractivity contribution in [3.05, 3.63) is 20.8 Å². The lowest BCUT2D eigenvalue weighted by atomic mass is 10.2. The van der Waals surface area contributed by atoms with Gasteiger partial charge in [-0.1, -0.05) is 0 Å². The van der Waals surface area contributed by atoms with Crippen LogP contribution in [0.3, 0.4) is 0 Å². The number of carbonyl (C=O) groups is 1. The number of amides is 1. The fourth-order valence-corrected chi connectivity index (χ4v) is 3.09. The van der Waals surface area contributed by atoms with Gasteiger partial charge in [-0.25, -0.2) is 0 Å². The third kappa shape index (κ3) is 2.97. The Morgan fingerprint density at radius 1 is 1.69 bits per heavy atom. The van der Waals surface area contributed by atoms with Gasteiger partial charge >= 0.3 is 0 Å². The van der Waals surface area contributed by atoms with Crippen molar-refractivity contribution in [3.63, 3.8) is 0 Å². The Balaban J connectivity index is 0.00000128. The topological polar surface area (TPSA) is 32.3 Å². The first-order valence-corrected chi connectivity index (χ1v) is 6.61. The third-order valence-corrected chi connectivity index (χ3v) is 4.22. The molecule has 1 saturated heterocycles. The number of rotatable bonds is 1. The van der Waals surface area contributed by atoms with Gasteiger partial charge in [-0.05, 0) is 28.9 Å². The summed E-state index contributed by atoms with van der Waals surface area (Å²) in [5.41, 5.74) is 0. The van der Waals surface area contributed by atoms with Crippen LogP contribution in [-0.4, -0.2) is 36.5 Å². The van der Waals surface area contributed by atoms with Crippen LogP contribution in [0.25, 0.3) is 0 Å². The molecule has 1 aliphatic heterocycles. The Morgan fingerprint density at radius 3 is 3.00 bits per heavy atom. The van der Waals surface area contributed by atoms with Crippen molar-refractivity contribution in [2.45, 2.75) is 13.0 Å². The zero-order chi connectivity index (χ0) is 10.8. The summed E-state index contributed by atoms with van der Waals surface area (Å²) >= 11 is 4.86. The average molecular weight is 326 g/mol. The Hall–Kier alpha value is -0.100. The summed E-state index contributed by atoms with van der Waals surface area (Å²) in [7, 11) is 0. The maximum absolute atomic E-state index is 12.1. The van der Waals surface area contributed by atoms with E-state index in [1.807, 2.05) is 16.3 Å². The lowest BCUT2D eigenvalue weighted by Crippen LogP contribution is -2.52. The zero-order valence-corrected chi connectivity index (χ0v) is 12.1. The fraction of sp³-hybridized carbons (Fsp3) is 0.500. The molecule has 0 spiro atoms. The second-order valence-corrected chi connectivity index (χ2v) is 5.51. The van der Waals surface area contributed by atoms with Gasteiger partial charge in [0.15, 0.2) is 0 Å². The number of halogens is 2. The van der Waals surface area contributed by atoms with Crippen molar-refractivity contribution in [2.75, 3.05) is 19.6 Å². The van der Waals surface area contributed by atoms with Crippen LogP contribution in [0.5, 0.6) is 0 Å². The quantitative estimate of drug-likeness (QED) is 0.860. The molecule has 0 aromatic carbocycles. The van der Waals surface area contributed by atoms with Crippen molar-refractivity contribution < 1.29 is 4.79 Å². The molecule has 0 bridgehead atoms. The standard InChI is InChI=1S/C10H13BrN2OS.ClH/c1-7-5-12-2-3-13(7)10(14)9-4-8(11)6-15-9;/h4,6-7,12H,2-3,5H2,1H3;1H/t7-;/m0./s1. The van der Waals surface area contributed by atoms with Gasteiger partial charge in [0.1, 0.15) is 0 Å². The van der Waals surface area contributed by atoms with E-state index in [1.165, 1.54) is 11.3 Å². The molecule has 0 radical (unpaired) electrons. The van der Waals surface area contributed by atoms with Crippen molar-refractivity contribution in [1.82, 2.24) is 10.2 Å². The molecule has 1 aliphatic rings. The largest absolute Gasteiger partial charge is 0.333 e. The molecule has 0 aliphatic carbocycles. The van der Waals surface area contributed by atoms with Crippen LogP contribution in [0.2, 0.25) is 0 Å². The van der Waals surface area contributed by atoms with Gasteiger partial charge in [0, 0.05) is 35.5 Å². The molecule has 1 atom stereocenters. The number of nitrogens with zero attached hydrogens (tertiary/aromatic N) is 1. The number of nitrogens with one attached hydrogen (secondary N) is 1. The molecule has 90 valence electrons. The molecule has 0 saturated carbocycles. The van der Waals surface area contributed by atoms with Crippen LogP contribution < -0.4 is 5.32 Å². The van der Waals surface area contributed by atoms with E-state index in [2.05, 4.69) is 28.2 Å². The highest BCUT2D eigenvalue weighted by Gasteiger charge is 2.24. The Kier molecular flexibility index (Phi) is 5.24. The Bertz CT molecular complexity index is 371. The molecule has 1 aromatic heterocycles. The summed E-state index contributed by atoms with van der Waals surface area (Å²) < 4.78 is 0.985. The maximum atomic E-state index is 12.1. The molecule has 6 heteroatoms. The van der Waals surface area contributed by atoms with E-state index in [4.69, 9.17) is 0 Å². The number of hydrogen-bond acceptors (Lipinski definition) is 3. The van der Waals surface area contributed by atoms with Crippen molar-refractivity contribution in [3.8, 4) is 0 Å². The smallest absolute Gasteiger partial charge is 0.264 e. The normalized spacial score (nSPS) is 20.4. The minimum absolute atomic E-state index is 0. The van der Waals surface area contributed by atoms with Gasteiger partial charge in [-0.3, -0.25) is 4.79 Å². The Morgan fingerprint density at radius 2 is 2.44 bits per heavy atom. The third-order valence-electron chi connectivity index (χ3n) is 2.54. The van der Waals surface area contributed by atoms with Crippen molar-refractivity contribution >= 4 is 45.6 Å². The van der Waals surface area contributed by atoms with Gasteiger partial charge in [-0.2, -0.15) is 0 Å². The van der Waals surface area contributed by atoms with Gasteiger partial charge in [0.25, 0.3) is 5.91 Å². The van der Waals surface area contributed by atoms with Crippen LogP contribution in [0.4, 0.5) is 0 Å². The van der Waals surface area contributed by atoms with E-state index < -0.39 is 0 Å². The summed E-state index contributed by atoms with van der Waals surface area (Å²) in [6.07, 6.45) is 0. The summed E-state index contributed by atoms with van der Waals surface area (Å²) in [5.74, 6) is 0.153. The van der Waals surface area contributed by atoms with Gasteiger partial charge in [0.05, 0.1) is 4.88 Å². The minimum atomic E-state index is 0. The van der Waals surface area contributed by atoms with Crippen LogP contribution in [0.1, 0.15) is 16.6 Å². The van der Waals surface area contributed by atoms with Crippen LogP contribution in [0, 0.1) is 0 Å². The van der Waals surface area contributed by atoms with E-state index in [0.29, 0.717) is 0 Å². The predicted molar refractivity (Wildman–Crippen MR) is 72.6 cm³/mol. The molecule has 16 heavy (non-hydrogen) atoms. The number of thiophene rings is 1. The van der Waals surface area contributed by atoms with Gasteiger partial charge in [0.2, 0.25) is 0 Å². The molecular weight excluding hydrogens is 312 g/mol. The summed E-state index contributed by atoms with van der Waals surface area (Å²) in [6.45, 7) is 4.66. The van der Waals surface area contributed by atoms with E-state index in [0.717, 1.165) is 29.0 Å². The first kappa shape index (κ1) is 14.0. The fourth-order valence-electron chi connectivity index (χ4n) is 1.71. The average Bonchev–Trinajstić information content (AvgIpc) is 2.65. The molecule has 1 fully saturated rings. The van der Waals surface area contributed by atoms with Gasteiger partial charge in [-0.15, -0.1) is 23.7 Å². The molecule has 1 aromatic rings. The SMILES string of the molecule is C[C@H]1CNCCN1C(=O)c1cc(Br)cs1.Cl. The highest BCUT2D eigenvalue weighted by atomic mass is 79.9. The lowest BCUT2D eigenvalue weighted by molar-refractivity contribution is 0.0661. The molecule has 3 nitrogen and oxygen atoms in total. The summed E-state index contributed by atoms with van der Waals surface area (Å²) in [6, 6.07) is 2.18. The highest BCUT2D eigenvalue weighted by Crippen LogP contribution is 2.22. The lowest BCUT2D eigenvalue weighted by Gasteiger charge is -2.33. The molecular formula is C10H14BrClN2OS. The molecule has 1 N–H and O–H groups in total. The second-order valence-electron chi connectivity index (χ2n) is 3.68. The van der Waals surface area contributed by atoms with Crippen LogP contribution in [-0.2, 0) is 0 Å². The number of hydrogen-bond donors (Lipinski definition) is 1. The van der Waals surface area contributed by atoms with E-state index in [9.17, 15) is 4.79 Å². The summed E-state index contributed by atoms with van der Waals surface area (Å²) in [4.78, 5) is 14.9. The Labute approximate surface area is 114 Å². The van der Waals surface area contributed by atoms with Gasteiger partial charge < -0.3 is 10.2 Å².